The first-order chi connectivity index (χ1) is 7.98. The Labute approximate surface area is 103 Å². The first kappa shape index (κ1) is 14.0. The number of rotatable bonds is 5. The van der Waals surface area contributed by atoms with Gasteiger partial charge in [-0.15, -0.1) is 0 Å². The van der Waals surface area contributed by atoms with Crippen molar-refractivity contribution in [1.82, 2.24) is 0 Å². The van der Waals surface area contributed by atoms with Gasteiger partial charge in [0.05, 0.1) is 12.7 Å². The van der Waals surface area contributed by atoms with Crippen molar-refractivity contribution in [2.24, 2.45) is 0 Å². The molecule has 0 spiro atoms. The minimum absolute atomic E-state index is 0.596. The molecule has 0 saturated heterocycles. The molecule has 17 heavy (non-hydrogen) atoms. The van der Waals surface area contributed by atoms with Gasteiger partial charge in [0.1, 0.15) is 11.9 Å². The van der Waals surface area contributed by atoms with E-state index in [1.165, 1.54) is 0 Å². The third-order valence-electron chi connectivity index (χ3n) is 3.43. The molecule has 1 rings (SSSR count). The van der Waals surface area contributed by atoms with Crippen LogP contribution in [0.25, 0.3) is 0 Å². The van der Waals surface area contributed by atoms with Crippen molar-refractivity contribution in [3.63, 3.8) is 0 Å². The summed E-state index contributed by atoms with van der Waals surface area (Å²) in [5.74, 6) is 0.694. The van der Waals surface area contributed by atoms with E-state index in [1.54, 1.807) is 14.2 Å². The molecule has 1 aromatic carbocycles. The number of aryl methyl sites for hydroxylation is 1. The average Bonchev–Trinajstić information content (AvgIpc) is 2.36. The first-order valence-corrected chi connectivity index (χ1v) is 5.86. The van der Waals surface area contributed by atoms with Gasteiger partial charge >= 0.3 is 0 Å². The van der Waals surface area contributed by atoms with Crippen molar-refractivity contribution in [3.05, 3.63) is 29.3 Å². The lowest BCUT2D eigenvalue weighted by atomic mass is 9.89. The Morgan fingerprint density at radius 3 is 2.47 bits per heavy atom. The van der Waals surface area contributed by atoms with E-state index in [0.717, 1.165) is 17.5 Å². The van der Waals surface area contributed by atoms with Crippen LogP contribution in [-0.4, -0.2) is 24.9 Å². The highest BCUT2D eigenvalue weighted by Crippen LogP contribution is 2.36. The zero-order valence-corrected chi connectivity index (χ0v) is 11.3. The zero-order chi connectivity index (χ0) is 13.1. The van der Waals surface area contributed by atoms with E-state index >= 15 is 0 Å². The maximum absolute atomic E-state index is 10.5. The molecule has 2 atom stereocenters. The molecular formula is C14H22O3. The minimum Gasteiger partial charge on any atom is -0.496 e. The maximum atomic E-state index is 10.5. The third kappa shape index (κ3) is 2.79. The molecule has 2 unspecified atom stereocenters. The van der Waals surface area contributed by atoms with Crippen LogP contribution in [0.15, 0.2) is 18.2 Å². The molecule has 0 aliphatic carbocycles. The minimum atomic E-state index is -0.702. The van der Waals surface area contributed by atoms with E-state index < -0.39 is 11.7 Å². The molecule has 0 aliphatic rings. The summed E-state index contributed by atoms with van der Waals surface area (Å²) in [7, 11) is 3.23. The summed E-state index contributed by atoms with van der Waals surface area (Å²) in [6.07, 6.45) is 0.0224. The van der Waals surface area contributed by atoms with Crippen molar-refractivity contribution >= 4 is 0 Å². The summed E-state index contributed by atoms with van der Waals surface area (Å²) in [5.41, 5.74) is 1.27. The van der Waals surface area contributed by atoms with Crippen molar-refractivity contribution in [3.8, 4) is 5.75 Å². The highest BCUT2D eigenvalue weighted by Gasteiger charge is 2.34. The second kappa shape index (κ2) is 5.52. The van der Waals surface area contributed by atoms with Crippen molar-refractivity contribution < 1.29 is 14.6 Å². The molecular weight excluding hydrogens is 216 g/mol. The Bertz CT molecular complexity index is 370. The fraction of sp³-hybridized carbons (Fsp3) is 0.571. The molecule has 0 heterocycles. The summed E-state index contributed by atoms with van der Waals surface area (Å²) in [6.45, 7) is 5.89. The van der Waals surface area contributed by atoms with Gasteiger partial charge < -0.3 is 14.6 Å². The molecule has 3 heteroatoms. The molecule has 1 aromatic rings. The van der Waals surface area contributed by atoms with Gasteiger partial charge in [0.2, 0.25) is 0 Å². The lowest BCUT2D eigenvalue weighted by Gasteiger charge is -2.33. The molecule has 1 N–H and O–H groups in total. The van der Waals surface area contributed by atoms with Gasteiger partial charge in [-0.1, -0.05) is 18.6 Å². The number of hydrogen-bond acceptors (Lipinski definition) is 3. The summed E-state index contributed by atoms with van der Waals surface area (Å²) in [6, 6.07) is 5.78. The highest BCUT2D eigenvalue weighted by atomic mass is 16.5. The lowest BCUT2D eigenvalue weighted by Crippen LogP contribution is -2.34. The van der Waals surface area contributed by atoms with Crippen LogP contribution in [0.1, 0.15) is 37.5 Å². The number of aliphatic hydroxyl groups excluding tert-OH is 1. The van der Waals surface area contributed by atoms with E-state index in [-0.39, 0.29) is 0 Å². The van der Waals surface area contributed by atoms with E-state index in [9.17, 15) is 5.11 Å². The average molecular weight is 238 g/mol. The van der Waals surface area contributed by atoms with Crippen LogP contribution in [0.3, 0.4) is 0 Å². The van der Waals surface area contributed by atoms with Gasteiger partial charge in [0, 0.05) is 12.7 Å². The number of methoxy groups -OCH3 is 2. The third-order valence-corrected chi connectivity index (χ3v) is 3.43. The number of hydrogen-bond donors (Lipinski definition) is 1. The Morgan fingerprint density at radius 2 is 2.00 bits per heavy atom. The van der Waals surface area contributed by atoms with Crippen LogP contribution in [-0.2, 0) is 4.74 Å². The second-order valence-corrected chi connectivity index (χ2v) is 4.52. The fourth-order valence-corrected chi connectivity index (χ4v) is 1.85. The van der Waals surface area contributed by atoms with Gasteiger partial charge in [0.15, 0.2) is 0 Å². The van der Waals surface area contributed by atoms with Gasteiger partial charge in [-0.25, -0.2) is 0 Å². The molecule has 0 saturated carbocycles. The van der Waals surface area contributed by atoms with Gasteiger partial charge in [-0.05, 0) is 32.4 Å². The maximum Gasteiger partial charge on any atom is 0.124 e. The van der Waals surface area contributed by atoms with Crippen LogP contribution in [0.5, 0.6) is 5.75 Å². The first-order valence-electron chi connectivity index (χ1n) is 5.86. The highest BCUT2D eigenvalue weighted by molar-refractivity contribution is 5.39. The summed E-state index contributed by atoms with van der Waals surface area (Å²) in [4.78, 5) is 0. The summed E-state index contributed by atoms with van der Waals surface area (Å²) in [5, 5.41) is 10.5. The van der Waals surface area contributed by atoms with Crippen molar-refractivity contribution in [2.75, 3.05) is 14.2 Å². The van der Waals surface area contributed by atoms with E-state index in [4.69, 9.17) is 9.47 Å². The molecule has 0 aliphatic heterocycles. The molecule has 0 aromatic heterocycles. The Morgan fingerprint density at radius 1 is 1.35 bits per heavy atom. The second-order valence-electron chi connectivity index (χ2n) is 4.52. The van der Waals surface area contributed by atoms with Gasteiger partial charge in [-0.2, -0.15) is 0 Å². The quantitative estimate of drug-likeness (QED) is 0.857. The van der Waals surface area contributed by atoms with Crippen LogP contribution >= 0.6 is 0 Å². The molecule has 3 nitrogen and oxygen atoms in total. The standard InChI is InChI=1S/C14H22O3/c1-6-14(3,17-5)13(15)11-9-10(2)7-8-12(11)16-4/h7-9,13,15H,6H2,1-5H3. The monoisotopic (exact) mass is 238 g/mol. The van der Waals surface area contributed by atoms with Crippen LogP contribution in [0.2, 0.25) is 0 Å². The number of aliphatic hydroxyl groups is 1. The predicted octanol–water partition coefficient (Wildman–Crippen LogP) is 2.85. The van der Waals surface area contributed by atoms with E-state index in [0.29, 0.717) is 5.75 Å². The van der Waals surface area contributed by atoms with Crippen LogP contribution in [0.4, 0.5) is 0 Å². The Kier molecular flexibility index (Phi) is 4.54. The molecule has 0 amide bonds. The molecule has 0 bridgehead atoms. The molecule has 0 fully saturated rings. The van der Waals surface area contributed by atoms with Crippen molar-refractivity contribution in [2.45, 2.75) is 38.9 Å². The Balaban J connectivity index is 3.18. The normalized spacial score (nSPS) is 16.4. The Hall–Kier alpha value is -1.06. The lowest BCUT2D eigenvalue weighted by molar-refractivity contribution is -0.0950. The summed E-state index contributed by atoms with van der Waals surface area (Å²) < 4.78 is 10.7. The van der Waals surface area contributed by atoms with E-state index in [1.807, 2.05) is 39.0 Å². The smallest absolute Gasteiger partial charge is 0.124 e. The predicted molar refractivity (Wildman–Crippen MR) is 68.4 cm³/mol. The van der Waals surface area contributed by atoms with Gasteiger partial charge in [-0.3, -0.25) is 0 Å². The molecule has 96 valence electrons. The zero-order valence-electron chi connectivity index (χ0n) is 11.3. The fourth-order valence-electron chi connectivity index (χ4n) is 1.85. The molecule has 0 radical (unpaired) electrons. The van der Waals surface area contributed by atoms with E-state index in [2.05, 4.69) is 0 Å². The number of ether oxygens (including phenoxy) is 2. The SMILES string of the molecule is CCC(C)(OC)C(O)c1cc(C)ccc1OC. The van der Waals surface area contributed by atoms with Crippen molar-refractivity contribution in [1.29, 1.82) is 0 Å². The van der Waals surface area contributed by atoms with Crippen LogP contribution < -0.4 is 4.74 Å². The topological polar surface area (TPSA) is 38.7 Å². The largest absolute Gasteiger partial charge is 0.496 e. The van der Waals surface area contributed by atoms with Crippen LogP contribution in [0, 0.1) is 6.92 Å². The summed E-state index contributed by atoms with van der Waals surface area (Å²) >= 11 is 0. The van der Waals surface area contributed by atoms with Gasteiger partial charge in [0.25, 0.3) is 0 Å². The number of benzene rings is 1.